The maximum absolute atomic E-state index is 11.9. The van der Waals surface area contributed by atoms with Gasteiger partial charge in [0, 0.05) is 11.0 Å². The van der Waals surface area contributed by atoms with Crippen LogP contribution in [-0.2, 0) is 0 Å². The number of hydrogen-bond donors (Lipinski definition) is 1. The first kappa shape index (κ1) is 13.2. The third-order valence-electron chi connectivity index (χ3n) is 2.44. The first-order valence-corrected chi connectivity index (χ1v) is 6.35. The first-order chi connectivity index (χ1) is 7.52. The van der Waals surface area contributed by atoms with Gasteiger partial charge in [-0.25, -0.2) is 0 Å². The van der Waals surface area contributed by atoms with Gasteiger partial charge in [-0.3, -0.25) is 4.79 Å². The molecule has 0 aromatic heterocycles. The molecule has 0 fully saturated rings. The lowest BCUT2D eigenvalue weighted by Gasteiger charge is -2.09. The fourth-order valence-corrected chi connectivity index (χ4v) is 1.84. The maximum Gasteiger partial charge on any atom is 0.252 e. The Morgan fingerprint density at radius 2 is 2.12 bits per heavy atom. The summed E-state index contributed by atoms with van der Waals surface area (Å²) in [6.07, 6.45) is 1.01. The zero-order valence-electron chi connectivity index (χ0n) is 10.0. The molecule has 0 atom stereocenters. The summed E-state index contributed by atoms with van der Waals surface area (Å²) in [5.74, 6) is 0.609. The van der Waals surface area contributed by atoms with E-state index in [2.05, 4.69) is 35.1 Å². The first-order valence-electron chi connectivity index (χ1n) is 5.55. The highest BCUT2D eigenvalue weighted by atomic mass is 79.9. The van der Waals surface area contributed by atoms with Crippen molar-refractivity contribution >= 4 is 21.8 Å². The van der Waals surface area contributed by atoms with E-state index in [1.807, 2.05) is 25.1 Å². The number of halogens is 1. The largest absolute Gasteiger partial charge is 0.352 e. The SMILES string of the molecule is Cc1cccc(C(=O)NCCC(C)C)c1Br. The lowest BCUT2D eigenvalue weighted by molar-refractivity contribution is 0.0951. The number of benzene rings is 1. The van der Waals surface area contributed by atoms with Crippen LogP contribution < -0.4 is 5.32 Å². The minimum Gasteiger partial charge on any atom is -0.352 e. The van der Waals surface area contributed by atoms with Crippen LogP contribution in [0.5, 0.6) is 0 Å². The molecule has 0 radical (unpaired) electrons. The summed E-state index contributed by atoms with van der Waals surface area (Å²) in [5.41, 5.74) is 1.79. The van der Waals surface area contributed by atoms with Crippen molar-refractivity contribution in [3.05, 3.63) is 33.8 Å². The molecule has 0 spiro atoms. The lowest BCUT2D eigenvalue weighted by atomic mass is 10.1. The normalized spacial score (nSPS) is 10.6. The van der Waals surface area contributed by atoms with Gasteiger partial charge in [0.05, 0.1) is 5.56 Å². The van der Waals surface area contributed by atoms with Crippen molar-refractivity contribution in [3.63, 3.8) is 0 Å². The number of carbonyl (C=O) groups is 1. The quantitative estimate of drug-likeness (QED) is 0.900. The average molecular weight is 284 g/mol. The van der Waals surface area contributed by atoms with Gasteiger partial charge in [0.25, 0.3) is 5.91 Å². The Balaban J connectivity index is 2.63. The van der Waals surface area contributed by atoms with Crippen molar-refractivity contribution in [2.45, 2.75) is 27.2 Å². The Hall–Kier alpha value is -0.830. The fraction of sp³-hybridized carbons (Fsp3) is 0.462. The van der Waals surface area contributed by atoms with Crippen LogP contribution in [0.2, 0.25) is 0 Å². The van der Waals surface area contributed by atoms with Gasteiger partial charge in [-0.15, -0.1) is 0 Å². The summed E-state index contributed by atoms with van der Waals surface area (Å²) in [6.45, 7) is 7.01. The van der Waals surface area contributed by atoms with Crippen LogP contribution in [0, 0.1) is 12.8 Å². The molecule has 0 bridgehead atoms. The molecule has 88 valence electrons. The molecule has 1 rings (SSSR count). The summed E-state index contributed by atoms with van der Waals surface area (Å²) in [6, 6.07) is 5.72. The van der Waals surface area contributed by atoms with Gasteiger partial charge in [-0.05, 0) is 46.8 Å². The second kappa shape index (κ2) is 6.04. The van der Waals surface area contributed by atoms with Crippen LogP contribution in [0.15, 0.2) is 22.7 Å². The molecule has 3 heteroatoms. The molecular formula is C13H18BrNO. The smallest absolute Gasteiger partial charge is 0.252 e. The summed E-state index contributed by atoms with van der Waals surface area (Å²) in [5, 5.41) is 2.93. The van der Waals surface area contributed by atoms with E-state index in [0.29, 0.717) is 11.5 Å². The fourth-order valence-electron chi connectivity index (χ4n) is 1.39. The average Bonchev–Trinajstić information content (AvgIpc) is 2.21. The van der Waals surface area contributed by atoms with E-state index in [1.54, 1.807) is 0 Å². The van der Waals surface area contributed by atoms with Crippen molar-refractivity contribution in [1.82, 2.24) is 5.32 Å². The summed E-state index contributed by atoms with van der Waals surface area (Å²) >= 11 is 3.44. The predicted molar refractivity (Wildman–Crippen MR) is 70.7 cm³/mol. The number of carbonyl (C=O) groups excluding carboxylic acids is 1. The molecule has 0 saturated heterocycles. The number of nitrogens with one attached hydrogen (secondary N) is 1. The number of rotatable bonds is 4. The van der Waals surface area contributed by atoms with Crippen LogP contribution in [0.1, 0.15) is 36.2 Å². The topological polar surface area (TPSA) is 29.1 Å². The third-order valence-corrected chi connectivity index (χ3v) is 3.50. The molecule has 2 nitrogen and oxygen atoms in total. The third kappa shape index (κ3) is 3.63. The Morgan fingerprint density at radius 3 is 2.75 bits per heavy atom. The van der Waals surface area contributed by atoms with E-state index in [4.69, 9.17) is 0 Å². The molecule has 0 aliphatic rings. The zero-order valence-corrected chi connectivity index (χ0v) is 11.6. The molecule has 16 heavy (non-hydrogen) atoms. The molecule has 0 saturated carbocycles. The van der Waals surface area contributed by atoms with E-state index < -0.39 is 0 Å². The van der Waals surface area contributed by atoms with Crippen molar-refractivity contribution < 1.29 is 4.79 Å². The molecule has 0 heterocycles. The highest BCUT2D eigenvalue weighted by Crippen LogP contribution is 2.20. The monoisotopic (exact) mass is 283 g/mol. The summed E-state index contributed by atoms with van der Waals surface area (Å²) in [4.78, 5) is 11.9. The predicted octanol–water partition coefficient (Wildman–Crippen LogP) is 3.53. The van der Waals surface area contributed by atoms with Gasteiger partial charge in [-0.2, -0.15) is 0 Å². The maximum atomic E-state index is 11.9. The lowest BCUT2D eigenvalue weighted by Crippen LogP contribution is -2.25. The van der Waals surface area contributed by atoms with Crippen LogP contribution in [-0.4, -0.2) is 12.5 Å². The van der Waals surface area contributed by atoms with E-state index in [9.17, 15) is 4.79 Å². The van der Waals surface area contributed by atoms with Gasteiger partial charge in [0.2, 0.25) is 0 Å². The van der Waals surface area contributed by atoms with E-state index in [-0.39, 0.29) is 5.91 Å². The second-order valence-electron chi connectivity index (χ2n) is 4.37. The van der Waals surface area contributed by atoms with Gasteiger partial charge in [0.1, 0.15) is 0 Å². The highest BCUT2D eigenvalue weighted by Gasteiger charge is 2.10. The van der Waals surface area contributed by atoms with Gasteiger partial charge >= 0.3 is 0 Å². The van der Waals surface area contributed by atoms with Crippen LogP contribution in [0.3, 0.4) is 0 Å². The van der Waals surface area contributed by atoms with Crippen molar-refractivity contribution in [3.8, 4) is 0 Å². The van der Waals surface area contributed by atoms with E-state index in [1.165, 1.54) is 0 Å². The van der Waals surface area contributed by atoms with Gasteiger partial charge in [0.15, 0.2) is 0 Å². The second-order valence-corrected chi connectivity index (χ2v) is 5.17. The minimum absolute atomic E-state index is 0.00350. The highest BCUT2D eigenvalue weighted by molar-refractivity contribution is 9.10. The summed E-state index contributed by atoms with van der Waals surface area (Å²) < 4.78 is 0.886. The van der Waals surface area contributed by atoms with Crippen LogP contribution >= 0.6 is 15.9 Å². The number of hydrogen-bond acceptors (Lipinski definition) is 1. The number of aryl methyl sites for hydroxylation is 1. The number of amides is 1. The zero-order chi connectivity index (χ0) is 12.1. The molecule has 1 N–H and O–H groups in total. The van der Waals surface area contributed by atoms with Crippen molar-refractivity contribution in [2.24, 2.45) is 5.92 Å². The summed E-state index contributed by atoms with van der Waals surface area (Å²) in [7, 11) is 0. The Kier molecular flexibility index (Phi) is 5.00. The van der Waals surface area contributed by atoms with Gasteiger partial charge < -0.3 is 5.32 Å². The molecule has 1 aromatic carbocycles. The van der Waals surface area contributed by atoms with Crippen LogP contribution in [0.4, 0.5) is 0 Å². The van der Waals surface area contributed by atoms with Crippen molar-refractivity contribution in [2.75, 3.05) is 6.54 Å². The molecule has 1 amide bonds. The Labute approximate surface area is 106 Å². The molecule has 0 aliphatic carbocycles. The standard InChI is InChI=1S/C13H18BrNO/c1-9(2)7-8-15-13(16)11-6-4-5-10(3)12(11)14/h4-6,9H,7-8H2,1-3H3,(H,15,16). The minimum atomic E-state index is -0.00350. The van der Waals surface area contributed by atoms with E-state index in [0.717, 1.165) is 23.0 Å². The van der Waals surface area contributed by atoms with Crippen LogP contribution in [0.25, 0.3) is 0 Å². The van der Waals surface area contributed by atoms with Crippen molar-refractivity contribution in [1.29, 1.82) is 0 Å². The molecule has 1 aromatic rings. The molecular weight excluding hydrogens is 266 g/mol. The van der Waals surface area contributed by atoms with Gasteiger partial charge in [-0.1, -0.05) is 26.0 Å². The Bertz CT molecular complexity index is 374. The molecule has 0 aliphatic heterocycles. The Morgan fingerprint density at radius 1 is 1.44 bits per heavy atom. The van der Waals surface area contributed by atoms with E-state index >= 15 is 0 Å². The molecule has 0 unspecified atom stereocenters.